The summed E-state index contributed by atoms with van der Waals surface area (Å²) in [5, 5.41) is 12.7. The van der Waals surface area contributed by atoms with Gasteiger partial charge in [0.15, 0.2) is 5.82 Å². The molecule has 0 saturated carbocycles. The van der Waals surface area contributed by atoms with E-state index in [-0.39, 0.29) is 5.91 Å². The van der Waals surface area contributed by atoms with Gasteiger partial charge in [0.05, 0.1) is 18.9 Å². The number of anilines is 2. The molecule has 8 heteroatoms. The first-order valence-electron chi connectivity index (χ1n) is 11.1. The summed E-state index contributed by atoms with van der Waals surface area (Å²) in [7, 11) is 0. The van der Waals surface area contributed by atoms with E-state index in [2.05, 4.69) is 65.5 Å². The van der Waals surface area contributed by atoms with Crippen LogP contribution in [0.5, 0.6) is 0 Å². The number of carbonyl (C=O) groups excluding carboxylic acids is 1. The molecule has 1 amide bonds. The van der Waals surface area contributed by atoms with Crippen molar-refractivity contribution in [1.29, 1.82) is 0 Å². The van der Waals surface area contributed by atoms with Gasteiger partial charge in [-0.15, -0.1) is 5.10 Å². The molecule has 3 heterocycles. The topological polar surface area (TPSA) is 76.4 Å². The molecule has 166 valence electrons. The minimum absolute atomic E-state index is 0.0858. The number of ether oxygens (including phenoxy) is 1. The van der Waals surface area contributed by atoms with Crippen molar-refractivity contribution < 1.29 is 9.53 Å². The summed E-state index contributed by atoms with van der Waals surface area (Å²) < 4.78 is 7.26. The van der Waals surface area contributed by atoms with E-state index in [1.54, 1.807) is 4.68 Å². The Hall–Kier alpha value is -3.26. The minimum Gasteiger partial charge on any atom is -0.378 e. The summed E-state index contributed by atoms with van der Waals surface area (Å²) in [4.78, 5) is 17.2. The highest BCUT2D eigenvalue weighted by Crippen LogP contribution is 2.42. The van der Waals surface area contributed by atoms with Crippen molar-refractivity contribution in [3.05, 3.63) is 59.4 Å². The molecular formula is C24H28N6O2. The highest BCUT2D eigenvalue weighted by atomic mass is 16.5. The first kappa shape index (κ1) is 20.6. The van der Waals surface area contributed by atoms with Gasteiger partial charge < -0.3 is 9.64 Å². The highest BCUT2D eigenvalue weighted by Gasteiger charge is 2.47. The Morgan fingerprint density at radius 3 is 2.31 bits per heavy atom. The monoisotopic (exact) mass is 432 g/mol. The van der Waals surface area contributed by atoms with Crippen molar-refractivity contribution in [2.75, 3.05) is 36.1 Å². The summed E-state index contributed by atoms with van der Waals surface area (Å²) >= 11 is 0. The molecule has 2 fully saturated rings. The number of para-hydroxylation sites is 1. The molecule has 1 unspecified atom stereocenters. The fraction of sp³-hybridized carbons (Fsp3) is 0.417. The third-order valence-corrected chi connectivity index (χ3v) is 6.66. The fourth-order valence-corrected chi connectivity index (χ4v) is 4.94. The first-order chi connectivity index (χ1) is 15.5. The van der Waals surface area contributed by atoms with Crippen LogP contribution in [0.15, 0.2) is 42.5 Å². The molecule has 2 aliphatic heterocycles. The maximum absolute atomic E-state index is 13.1. The third-order valence-electron chi connectivity index (χ3n) is 6.66. The molecule has 5 rings (SSSR count). The first-order valence-corrected chi connectivity index (χ1v) is 11.1. The number of benzene rings is 2. The molecule has 1 aromatic heterocycles. The Morgan fingerprint density at radius 1 is 0.969 bits per heavy atom. The van der Waals surface area contributed by atoms with Gasteiger partial charge >= 0.3 is 0 Å². The number of aryl methyl sites for hydroxylation is 2. The van der Waals surface area contributed by atoms with Crippen molar-refractivity contribution in [3.8, 4) is 5.69 Å². The number of nitrogens with zero attached hydrogens (tertiary/aromatic N) is 6. The molecule has 32 heavy (non-hydrogen) atoms. The number of hydrogen-bond donors (Lipinski definition) is 0. The van der Waals surface area contributed by atoms with Gasteiger partial charge in [-0.05, 0) is 73.0 Å². The molecule has 2 saturated heterocycles. The molecule has 2 aliphatic rings. The van der Waals surface area contributed by atoms with E-state index in [0.717, 1.165) is 54.5 Å². The molecule has 1 atom stereocenters. The Bertz CT molecular complexity index is 1120. The van der Waals surface area contributed by atoms with Gasteiger partial charge in [0, 0.05) is 30.9 Å². The van der Waals surface area contributed by atoms with E-state index >= 15 is 0 Å². The maximum Gasteiger partial charge on any atom is 0.227 e. The smallest absolute Gasteiger partial charge is 0.227 e. The van der Waals surface area contributed by atoms with E-state index in [1.807, 2.05) is 23.1 Å². The summed E-state index contributed by atoms with van der Waals surface area (Å²) in [6.07, 6.45) is 1.11. The Labute approximate surface area is 187 Å². The molecule has 0 N–H and O–H groups in total. The lowest BCUT2D eigenvalue weighted by molar-refractivity contribution is -0.117. The Balaban J connectivity index is 1.53. The predicted octanol–water partition coefficient (Wildman–Crippen LogP) is 3.16. The summed E-state index contributed by atoms with van der Waals surface area (Å²) in [5.41, 5.74) is 4.51. The predicted molar refractivity (Wildman–Crippen MR) is 122 cm³/mol. The molecule has 0 spiro atoms. The molecule has 0 radical (unpaired) electrons. The van der Waals surface area contributed by atoms with Crippen molar-refractivity contribution in [2.45, 2.75) is 39.2 Å². The number of morpholine rings is 1. The zero-order chi connectivity index (χ0) is 22.3. The van der Waals surface area contributed by atoms with Gasteiger partial charge in [-0.2, -0.15) is 4.68 Å². The van der Waals surface area contributed by atoms with E-state index in [9.17, 15) is 4.79 Å². The Morgan fingerprint density at radius 2 is 1.62 bits per heavy atom. The molecule has 3 aromatic rings. The zero-order valence-electron chi connectivity index (χ0n) is 18.8. The van der Waals surface area contributed by atoms with E-state index in [0.29, 0.717) is 18.7 Å². The largest absolute Gasteiger partial charge is 0.378 e. The zero-order valence-corrected chi connectivity index (χ0v) is 18.8. The molecular weight excluding hydrogens is 404 g/mol. The van der Waals surface area contributed by atoms with Gasteiger partial charge in [0.25, 0.3) is 0 Å². The molecule has 8 nitrogen and oxygen atoms in total. The summed E-state index contributed by atoms with van der Waals surface area (Å²) in [6, 6.07) is 14.4. The van der Waals surface area contributed by atoms with Crippen LogP contribution in [-0.2, 0) is 15.1 Å². The second kappa shape index (κ2) is 8.02. The average molecular weight is 433 g/mol. The van der Waals surface area contributed by atoms with Crippen LogP contribution in [0.25, 0.3) is 5.69 Å². The second-order valence-electron chi connectivity index (χ2n) is 8.77. The maximum atomic E-state index is 13.1. The average Bonchev–Trinajstić information content (AvgIpc) is 3.40. The lowest BCUT2D eigenvalue weighted by atomic mass is 9.96. The number of carbonyl (C=O) groups is 1. The van der Waals surface area contributed by atoms with E-state index < -0.39 is 5.54 Å². The van der Waals surface area contributed by atoms with Crippen LogP contribution in [0, 0.1) is 13.8 Å². The van der Waals surface area contributed by atoms with Crippen molar-refractivity contribution >= 4 is 17.3 Å². The molecule has 0 aliphatic carbocycles. The van der Waals surface area contributed by atoms with Crippen LogP contribution in [0.1, 0.15) is 36.7 Å². The van der Waals surface area contributed by atoms with Crippen LogP contribution in [0.4, 0.5) is 11.4 Å². The Kier molecular flexibility index (Phi) is 5.17. The number of tetrazole rings is 1. The van der Waals surface area contributed by atoms with Crippen LogP contribution in [0.2, 0.25) is 0 Å². The summed E-state index contributed by atoms with van der Waals surface area (Å²) in [6.45, 7) is 9.41. The van der Waals surface area contributed by atoms with Crippen molar-refractivity contribution in [2.24, 2.45) is 0 Å². The standard InChI is InChI=1S/C24H28N6O2/c1-17-5-4-6-18(2)22(17)30-23(25-26-27-30)24(3)12-11-21(31)29(24)20-9-7-19(8-10-20)28-13-15-32-16-14-28/h4-10H,11-16H2,1-3H3. The normalized spacial score (nSPS) is 21.4. The minimum atomic E-state index is -0.643. The van der Waals surface area contributed by atoms with Gasteiger partial charge in [-0.25, -0.2) is 0 Å². The molecule has 2 aromatic carbocycles. The SMILES string of the molecule is Cc1cccc(C)c1-n1nnnc1C1(C)CCC(=O)N1c1ccc(N2CCOCC2)cc1. The van der Waals surface area contributed by atoms with Gasteiger partial charge in [-0.1, -0.05) is 18.2 Å². The lowest BCUT2D eigenvalue weighted by Crippen LogP contribution is -2.43. The van der Waals surface area contributed by atoms with Gasteiger partial charge in [-0.3, -0.25) is 9.69 Å². The summed E-state index contributed by atoms with van der Waals surface area (Å²) in [5.74, 6) is 0.765. The van der Waals surface area contributed by atoms with Crippen LogP contribution >= 0.6 is 0 Å². The fourth-order valence-electron chi connectivity index (χ4n) is 4.94. The van der Waals surface area contributed by atoms with Crippen LogP contribution < -0.4 is 9.80 Å². The van der Waals surface area contributed by atoms with E-state index in [1.165, 1.54) is 0 Å². The van der Waals surface area contributed by atoms with Crippen LogP contribution in [0.3, 0.4) is 0 Å². The van der Waals surface area contributed by atoms with Gasteiger partial charge in [0.2, 0.25) is 5.91 Å². The van der Waals surface area contributed by atoms with Gasteiger partial charge in [0.1, 0.15) is 5.54 Å². The quantitative estimate of drug-likeness (QED) is 0.630. The third kappa shape index (κ3) is 3.35. The number of rotatable bonds is 4. The van der Waals surface area contributed by atoms with Crippen molar-refractivity contribution in [3.63, 3.8) is 0 Å². The van der Waals surface area contributed by atoms with E-state index in [4.69, 9.17) is 4.74 Å². The highest BCUT2D eigenvalue weighted by molar-refractivity contribution is 5.97. The second-order valence-corrected chi connectivity index (χ2v) is 8.77. The number of aromatic nitrogens is 4. The number of amides is 1. The lowest BCUT2D eigenvalue weighted by Gasteiger charge is -2.35. The van der Waals surface area contributed by atoms with Crippen LogP contribution in [-0.4, -0.2) is 52.4 Å². The number of hydrogen-bond acceptors (Lipinski definition) is 6. The van der Waals surface area contributed by atoms with Crippen molar-refractivity contribution in [1.82, 2.24) is 20.2 Å². The molecule has 0 bridgehead atoms.